The van der Waals surface area contributed by atoms with E-state index in [1.54, 1.807) is 0 Å². The molecule has 1 saturated heterocycles. The molecule has 2 unspecified atom stereocenters. The molecule has 0 spiro atoms. The van der Waals surface area contributed by atoms with Gasteiger partial charge in [-0.25, -0.2) is 4.39 Å². The Morgan fingerprint density at radius 3 is 2.34 bits per heavy atom. The number of nitrogens with zero attached hydrogens (tertiary/aromatic N) is 5. The van der Waals surface area contributed by atoms with Crippen molar-refractivity contribution in [2.24, 2.45) is 5.73 Å². The van der Waals surface area contributed by atoms with Crippen LogP contribution in [-0.4, -0.2) is 52.6 Å². The van der Waals surface area contributed by atoms with Gasteiger partial charge in [-0.2, -0.15) is 18.4 Å². The number of rotatable bonds is 4. The molecule has 3 aromatic rings. The Hall–Kier alpha value is -4.24. The van der Waals surface area contributed by atoms with Gasteiger partial charge in [0.1, 0.15) is 11.9 Å². The second-order valence-corrected chi connectivity index (χ2v) is 9.33. The molecule has 38 heavy (non-hydrogen) atoms. The highest BCUT2D eigenvalue weighted by Gasteiger charge is 2.36. The first-order chi connectivity index (χ1) is 17.8. The third-order valence-corrected chi connectivity index (χ3v) is 6.83. The lowest BCUT2D eigenvalue weighted by molar-refractivity contribution is -0.138. The number of nitrogens with two attached hydrogens (primary N) is 1. The van der Waals surface area contributed by atoms with Gasteiger partial charge < -0.3 is 10.6 Å². The van der Waals surface area contributed by atoms with Crippen LogP contribution in [0.4, 0.5) is 23.2 Å². The average Bonchev–Trinajstić information content (AvgIpc) is 2.86. The SMILES string of the molecule is CC1CN(c2cc(F)c(-c3cncc(C#N)c3)cc2-n2cc(C(N)=O)c(C(F)(F)F)cc2=O)CC(C)N1C. The number of aromatic nitrogens is 2. The number of alkyl halides is 3. The van der Waals surface area contributed by atoms with Crippen molar-refractivity contribution in [1.82, 2.24) is 14.5 Å². The monoisotopic (exact) mass is 528 g/mol. The van der Waals surface area contributed by atoms with Crippen molar-refractivity contribution in [1.29, 1.82) is 5.26 Å². The molecule has 1 aliphatic heterocycles. The Morgan fingerprint density at radius 2 is 1.76 bits per heavy atom. The van der Waals surface area contributed by atoms with Crippen LogP contribution in [0.3, 0.4) is 0 Å². The number of carbonyl (C=O) groups excluding carboxylic acids is 1. The van der Waals surface area contributed by atoms with Gasteiger partial charge in [0.05, 0.1) is 28.1 Å². The maximum Gasteiger partial charge on any atom is 0.417 e. The number of hydrogen-bond acceptors (Lipinski definition) is 6. The molecule has 2 aromatic heterocycles. The zero-order valence-electron chi connectivity index (χ0n) is 20.8. The molecule has 0 bridgehead atoms. The third-order valence-electron chi connectivity index (χ3n) is 6.83. The third kappa shape index (κ3) is 4.97. The molecule has 1 aromatic carbocycles. The largest absolute Gasteiger partial charge is 0.417 e. The Morgan fingerprint density at radius 1 is 1.11 bits per heavy atom. The van der Waals surface area contributed by atoms with E-state index in [9.17, 15) is 28.0 Å². The van der Waals surface area contributed by atoms with Gasteiger partial charge in [0.2, 0.25) is 0 Å². The molecule has 2 N–H and O–H groups in total. The van der Waals surface area contributed by atoms with Crippen LogP contribution < -0.4 is 16.2 Å². The van der Waals surface area contributed by atoms with E-state index in [2.05, 4.69) is 9.88 Å². The van der Waals surface area contributed by atoms with Gasteiger partial charge in [-0.15, -0.1) is 0 Å². The lowest BCUT2D eigenvalue weighted by Gasteiger charge is -2.44. The number of nitriles is 1. The van der Waals surface area contributed by atoms with Crippen molar-refractivity contribution in [3.8, 4) is 22.9 Å². The minimum atomic E-state index is -4.99. The van der Waals surface area contributed by atoms with Crippen LogP contribution in [0.1, 0.15) is 35.3 Å². The van der Waals surface area contributed by atoms with Crippen LogP contribution in [0.15, 0.2) is 47.7 Å². The van der Waals surface area contributed by atoms with Crippen molar-refractivity contribution < 1.29 is 22.4 Å². The topological polar surface area (TPSA) is 108 Å². The second kappa shape index (κ2) is 9.90. The smallest absolute Gasteiger partial charge is 0.367 e. The summed E-state index contributed by atoms with van der Waals surface area (Å²) in [5.41, 5.74) is 2.47. The first-order valence-corrected chi connectivity index (χ1v) is 11.6. The van der Waals surface area contributed by atoms with E-state index in [1.165, 1.54) is 30.6 Å². The summed E-state index contributed by atoms with van der Waals surface area (Å²) in [7, 11) is 1.95. The Kier molecular flexibility index (Phi) is 6.99. The molecular weight excluding hydrogens is 504 g/mol. The van der Waals surface area contributed by atoms with Crippen molar-refractivity contribution in [3.05, 3.63) is 75.7 Å². The summed E-state index contributed by atoms with van der Waals surface area (Å²) in [6.45, 7) is 4.83. The van der Waals surface area contributed by atoms with Crippen molar-refractivity contribution in [3.63, 3.8) is 0 Å². The highest BCUT2D eigenvalue weighted by atomic mass is 19.4. The van der Waals surface area contributed by atoms with Crippen LogP contribution in [0.5, 0.6) is 0 Å². The zero-order valence-corrected chi connectivity index (χ0v) is 20.8. The highest BCUT2D eigenvalue weighted by Crippen LogP contribution is 2.36. The van der Waals surface area contributed by atoms with Crippen molar-refractivity contribution in [2.45, 2.75) is 32.1 Å². The number of halogens is 4. The molecule has 198 valence electrons. The van der Waals surface area contributed by atoms with Gasteiger partial charge in [-0.05, 0) is 39.1 Å². The number of amides is 1. The fourth-order valence-corrected chi connectivity index (χ4v) is 4.62. The first kappa shape index (κ1) is 26.8. The Labute approximate surface area is 215 Å². The Bertz CT molecular complexity index is 1500. The first-order valence-electron chi connectivity index (χ1n) is 11.6. The van der Waals surface area contributed by atoms with E-state index < -0.39 is 34.6 Å². The number of primary amides is 1. The summed E-state index contributed by atoms with van der Waals surface area (Å²) < 4.78 is 57.1. The van der Waals surface area contributed by atoms with E-state index >= 15 is 4.39 Å². The van der Waals surface area contributed by atoms with Gasteiger partial charge >= 0.3 is 6.18 Å². The van der Waals surface area contributed by atoms with Crippen LogP contribution in [0, 0.1) is 17.1 Å². The van der Waals surface area contributed by atoms with E-state index in [0.717, 1.165) is 10.8 Å². The summed E-state index contributed by atoms with van der Waals surface area (Å²) in [4.78, 5) is 32.9. The fourth-order valence-electron chi connectivity index (χ4n) is 4.62. The molecule has 4 rings (SSSR count). The highest BCUT2D eigenvalue weighted by molar-refractivity contribution is 5.94. The van der Waals surface area contributed by atoms with E-state index in [1.807, 2.05) is 31.9 Å². The number of benzene rings is 1. The number of pyridine rings is 2. The maximum absolute atomic E-state index is 15.6. The normalized spacial score (nSPS) is 18.3. The lowest BCUT2D eigenvalue weighted by Crippen LogP contribution is -2.55. The summed E-state index contributed by atoms with van der Waals surface area (Å²) in [6, 6.07) is 6.20. The summed E-state index contributed by atoms with van der Waals surface area (Å²) in [5.74, 6) is -2.06. The molecule has 0 radical (unpaired) electrons. The number of piperazine rings is 1. The number of likely N-dealkylation sites (N-methyl/N-ethyl adjacent to an activating group) is 1. The predicted molar refractivity (Wildman–Crippen MR) is 132 cm³/mol. The molecule has 8 nitrogen and oxygen atoms in total. The standard InChI is InChI=1S/C26H24F4N6O2/c1-14-11-35(12-15(2)34(14)3)22-7-21(27)18(17-4-16(8-31)9-33-10-17)5-23(22)36-13-19(25(32)38)20(6-24(36)37)26(28,29)30/h4-7,9-10,13-15H,11-12H2,1-3H3,(H2,32,38). The van der Waals surface area contributed by atoms with Crippen molar-refractivity contribution in [2.75, 3.05) is 25.0 Å². The molecular formula is C26H24F4N6O2. The van der Waals surface area contributed by atoms with Crippen LogP contribution >= 0.6 is 0 Å². The predicted octanol–water partition coefficient (Wildman–Crippen LogP) is 3.56. The van der Waals surface area contributed by atoms with Gasteiger partial charge in [0.15, 0.2) is 0 Å². The van der Waals surface area contributed by atoms with Gasteiger partial charge in [-0.3, -0.25) is 24.0 Å². The lowest BCUT2D eigenvalue weighted by atomic mass is 10.0. The molecule has 1 fully saturated rings. The van der Waals surface area contributed by atoms with Crippen LogP contribution in [0.2, 0.25) is 0 Å². The molecule has 3 heterocycles. The minimum absolute atomic E-state index is 0.0315. The number of anilines is 1. The Balaban J connectivity index is 2.01. The summed E-state index contributed by atoms with van der Waals surface area (Å²) in [6.07, 6.45) is -1.64. The number of hydrogen-bond donors (Lipinski definition) is 1. The molecule has 0 saturated carbocycles. The minimum Gasteiger partial charge on any atom is -0.367 e. The number of carbonyl (C=O) groups is 1. The molecule has 2 atom stereocenters. The van der Waals surface area contributed by atoms with Gasteiger partial charge in [-0.1, -0.05) is 0 Å². The molecule has 0 aliphatic carbocycles. The van der Waals surface area contributed by atoms with Gasteiger partial charge in [0, 0.05) is 61.0 Å². The van der Waals surface area contributed by atoms with Crippen LogP contribution in [-0.2, 0) is 6.18 Å². The zero-order chi connectivity index (χ0) is 27.9. The molecule has 1 aliphatic rings. The van der Waals surface area contributed by atoms with E-state index in [0.29, 0.717) is 19.2 Å². The summed E-state index contributed by atoms with van der Waals surface area (Å²) in [5, 5.41) is 9.23. The van der Waals surface area contributed by atoms with E-state index in [4.69, 9.17) is 5.73 Å². The quantitative estimate of drug-likeness (QED) is 0.519. The molecule has 1 amide bonds. The van der Waals surface area contributed by atoms with Crippen molar-refractivity contribution >= 4 is 11.6 Å². The summed E-state index contributed by atoms with van der Waals surface area (Å²) >= 11 is 0. The van der Waals surface area contributed by atoms with Crippen LogP contribution in [0.25, 0.3) is 16.8 Å². The van der Waals surface area contributed by atoms with Gasteiger partial charge in [0.25, 0.3) is 11.5 Å². The molecule has 12 heteroatoms. The van der Waals surface area contributed by atoms with E-state index in [-0.39, 0.29) is 40.1 Å². The maximum atomic E-state index is 15.6. The fraction of sp³-hybridized carbons (Fsp3) is 0.308. The average molecular weight is 529 g/mol. The second-order valence-electron chi connectivity index (χ2n) is 9.33.